The lowest BCUT2D eigenvalue weighted by Gasteiger charge is -2.33. The molecule has 4 nitrogen and oxygen atoms in total. The van der Waals surface area contributed by atoms with Gasteiger partial charge in [0.15, 0.2) is 0 Å². The van der Waals surface area contributed by atoms with Crippen LogP contribution in [0.25, 0.3) is 0 Å². The van der Waals surface area contributed by atoms with Gasteiger partial charge in [0.2, 0.25) is 0 Å². The minimum absolute atomic E-state index is 0.384. The third-order valence-electron chi connectivity index (χ3n) is 4.08. The van der Waals surface area contributed by atoms with Crippen LogP contribution in [0.1, 0.15) is 11.1 Å². The Labute approximate surface area is 142 Å². The number of rotatable bonds is 6. The molecule has 4 unspecified atom stereocenters. The Hall–Kier alpha value is -1.98. The molecule has 1 aliphatic rings. The molecule has 2 N–H and O–H groups in total. The Morgan fingerprint density at radius 1 is 0.625 bits per heavy atom. The van der Waals surface area contributed by atoms with E-state index in [2.05, 4.69) is 0 Å². The highest BCUT2D eigenvalue weighted by Crippen LogP contribution is 2.21. The molecule has 2 aromatic rings. The van der Waals surface area contributed by atoms with Crippen LogP contribution in [-0.4, -0.2) is 34.6 Å². The van der Waals surface area contributed by atoms with Gasteiger partial charge in [-0.25, -0.2) is 0 Å². The first-order chi connectivity index (χ1) is 11.7. The second kappa shape index (κ2) is 8.22. The largest absolute Gasteiger partial charge is 0.387 e. The molecule has 3 rings (SSSR count). The molecule has 4 heteroatoms. The number of ether oxygens (including phenoxy) is 2. The van der Waals surface area contributed by atoms with Crippen LogP contribution in [0.5, 0.6) is 0 Å². The molecule has 0 saturated heterocycles. The lowest BCUT2D eigenvalue weighted by atomic mass is 9.96. The van der Waals surface area contributed by atoms with Crippen molar-refractivity contribution in [2.75, 3.05) is 0 Å². The summed E-state index contributed by atoms with van der Waals surface area (Å²) in [5.41, 5.74) is 2.05. The van der Waals surface area contributed by atoms with E-state index in [1.807, 2.05) is 60.7 Å². The van der Waals surface area contributed by atoms with Crippen molar-refractivity contribution in [3.63, 3.8) is 0 Å². The van der Waals surface area contributed by atoms with Gasteiger partial charge < -0.3 is 19.7 Å². The minimum atomic E-state index is -1.01. The Morgan fingerprint density at radius 3 is 1.38 bits per heavy atom. The van der Waals surface area contributed by atoms with Crippen molar-refractivity contribution in [2.45, 2.75) is 37.6 Å². The standard InChI is InChI=1S/C20H22O4/c21-19-17(23-13-15-7-3-1-4-8-15)11-12-18(20(19)22)24-14-16-9-5-2-6-10-16/h1-12,17-22H,13-14H2. The zero-order valence-corrected chi connectivity index (χ0v) is 13.4. The first-order valence-electron chi connectivity index (χ1n) is 8.09. The molecule has 0 saturated carbocycles. The summed E-state index contributed by atoms with van der Waals surface area (Å²) in [6, 6.07) is 19.5. The Kier molecular flexibility index (Phi) is 5.77. The van der Waals surface area contributed by atoms with Gasteiger partial charge in [0.05, 0.1) is 13.2 Å². The maximum absolute atomic E-state index is 10.3. The molecule has 2 aromatic carbocycles. The fourth-order valence-corrected chi connectivity index (χ4v) is 2.68. The van der Waals surface area contributed by atoms with Gasteiger partial charge in [-0.05, 0) is 11.1 Å². The number of hydrogen-bond acceptors (Lipinski definition) is 4. The number of benzene rings is 2. The topological polar surface area (TPSA) is 58.9 Å². The van der Waals surface area contributed by atoms with Crippen molar-refractivity contribution in [1.82, 2.24) is 0 Å². The van der Waals surface area contributed by atoms with Crippen LogP contribution < -0.4 is 0 Å². The molecule has 24 heavy (non-hydrogen) atoms. The summed E-state index contributed by atoms with van der Waals surface area (Å²) in [6.07, 6.45) is 0.402. The third kappa shape index (κ3) is 4.30. The van der Waals surface area contributed by atoms with Crippen molar-refractivity contribution in [3.05, 3.63) is 83.9 Å². The first kappa shape index (κ1) is 16.9. The number of hydrogen-bond donors (Lipinski definition) is 2. The van der Waals surface area contributed by atoms with E-state index in [9.17, 15) is 10.2 Å². The summed E-state index contributed by atoms with van der Waals surface area (Å²) in [5.74, 6) is 0. The van der Waals surface area contributed by atoms with Gasteiger partial charge in [0.25, 0.3) is 0 Å². The monoisotopic (exact) mass is 326 g/mol. The minimum Gasteiger partial charge on any atom is -0.387 e. The van der Waals surface area contributed by atoms with Crippen molar-refractivity contribution in [3.8, 4) is 0 Å². The third-order valence-corrected chi connectivity index (χ3v) is 4.08. The highest BCUT2D eigenvalue weighted by atomic mass is 16.5. The van der Waals surface area contributed by atoms with Gasteiger partial charge in [0, 0.05) is 0 Å². The summed E-state index contributed by atoms with van der Waals surface area (Å²) in [4.78, 5) is 0. The van der Waals surface area contributed by atoms with E-state index in [1.54, 1.807) is 12.2 Å². The van der Waals surface area contributed by atoms with Crippen molar-refractivity contribution in [2.24, 2.45) is 0 Å². The van der Waals surface area contributed by atoms with Gasteiger partial charge in [-0.1, -0.05) is 72.8 Å². The maximum atomic E-state index is 10.3. The highest BCUT2D eigenvalue weighted by molar-refractivity contribution is 5.16. The second-order valence-corrected chi connectivity index (χ2v) is 5.89. The average molecular weight is 326 g/mol. The predicted octanol–water partition coefficient (Wildman–Crippen LogP) is 2.45. The fourth-order valence-electron chi connectivity index (χ4n) is 2.68. The van der Waals surface area contributed by atoms with Crippen LogP contribution in [0, 0.1) is 0 Å². The van der Waals surface area contributed by atoms with E-state index < -0.39 is 24.4 Å². The van der Waals surface area contributed by atoms with Gasteiger partial charge in [-0.15, -0.1) is 0 Å². The zero-order chi connectivity index (χ0) is 16.8. The zero-order valence-electron chi connectivity index (χ0n) is 13.4. The van der Waals surface area contributed by atoms with Crippen molar-refractivity contribution >= 4 is 0 Å². The van der Waals surface area contributed by atoms with Crippen LogP contribution in [0.3, 0.4) is 0 Å². The molecule has 0 amide bonds. The summed E-state index contributed by atoms with van der Waals surface area (Å²) < 4.78 is 11.4. The number of aliphatic hydroxyl groups excluding tert-OH is 2. The summed E-state index contributed by atoms with van der Waals surface area (Å²) in [6.45, 7) is 0.768. The molecular weight excluding hydrogens is 304 g/mol. The lowest BCUT2D eigenvalue weighted by molar-refractivity contribution is -0.127. The maximum Gasteiger partial charge on any atom is 0.112 e. The molecule has 0 heterocycles. The molecule has 0 fully saturated rings. The van der Waals surface area contributed by atoms with Gasteiger partial charge in [0.1, 0.15) is 24.4 Å². The van der Waals surface area contributed by atoms with Gasteiger partial charge in [-0.3, -0.25) is 0 Å². The van der Waals surface area contributed by atoms with Crippen LogP contribution in [0.2, 0.25) is 0 Å². The van der Waals surface area contributed by atoms with E-state index in [-0.39, 0.29) is 0 Å². The summed E-state index contributed by atoms with van der Waals surface area (Å²) >= 11 is 0. The van der Waals surface area contributed by atoms with Crippen LogP contribution in [-0.2, 0) is 22.7 Å². The second-order valence-electron chi connectivity index (χ2n) is 5.89. The molecule has 0 bridgehead atoms. The Balaban J connectivity index is 1.54. The highest BCUT2D eigenvalue weighted by Gasteiger charge is 2.35. The molecule has 0 aliphatic heterocycles. The quantitative estimate of drug-likeness (QED) is 0.801. The molecule has 1 aliphatic carbocycles. The molecule has 0 aromatic heterocycles. The fraction of sp³-hybridized carbons (Fsp3) is 0.300. The first-order valence-corrected chi connectivity index (χ1v) is 8.09. The Morgan fingerprint density at radius 2 is 1.00 bits per heavy atom. The van der Waals surface area contributed by atoms with E-state index in [0.29, 0.717) is 13.2 Å². The lowest BCUT2D eigenvalue weighted by Crippen LogP contribution is -2.48. The smallest absolute Gasteiger partial charge is 0.112 e. The average Bonchev–Trinajstić information content (AvgIpc) is 2.64. The van der Waals surface area contributed by atoms with E-state index in [0.717, 1.165) is 11.1 Å². The predicted molar refractivity (Wildman–Crippen MR) is 91.2 cm³/mol. The molecule has 0 radical (unpaired) electrons. The molecular formula is C20H22O4. The van der Waals surface area contributed by atoms with Gasteiger partial charge >= 0.3 is 0 Å². The summed E-state index contributed by atoms with van der Waals surface area (Å²) in [5, 5.41) is 20.6. The van der Waals surface area contributed by atoms with E-state index in [1.165, 1.54) is 0 Å². The van der Waals surface area contributed by atoms with Crippen LogP contribution >= 0.6 is 0 Å². The van der Waals surface area contributed by atoms with E-state index >= 15 is 0 Å². The van der Waals surface area contributed by atoms with Crippen molar-refractivity contribution < 1.29 is 19.7 Å². The van der Waals surface area contributed by atoms with E-state index in [4.69, 9.17) is 9.47 Å². The van der Waals surface area contributed by atoms with Crippen molar-refractivity contribution in [1.29, 1.82) is 0 Å². The van der Waals surface area contributed by atoms with Crippen LogP contribution in [0.15, 0.2) is 72.8 Å². The molecule has 4 atom stereocenters. The molecule has 126 valence electrons. The normalized spacial score (nSPS) is 26.4. The molecule has 0 spiro atoms. The van der Waals surface area contributed by atoms with Gasteiger partial charge in [-0.2, -0.15) is 0 Å². The van der Waals surface area contributed by atoms with Crippen LogP contribution in [0.4, 0.5) is 0 Å². The SMILES string of the molecule is OC1C(OCc2ccccc2)C=CC(OCc2ccccc2)C1O. The Bertz CT molecular complexity index is 584. The number of aliphatic hydroxyl groups is 2. The summed E-state index contributed by atoms with van der Waals surface area (Å²) in [7, 11) is 0.